The van der Waals surface area contributed by atoms with Crippen molar-refractivity contribution in [1.29, 1.82) is 0 Å². The van der Waals surface area contributed by atoms with E-state index in [4.69, 9.17) is 4.99 Å². The van der Waals surface area contributed by atoms with Gasteiger partial charge >= 0.3 is 0 Å². The third-order valence-corrected chi connectivity index (χ3v) is 5.45. The van der Waals surface area contributed by atoms with E-state index in [-0.39, 0.29) is 0 Å². The fourth-order valence-electron chi connectivity index (χ4n) is 2.25. The molecule has 1 aliphatic rings. The van der Waals surface area contributed by atoms with Crippen molar-refractivity contribution < 1.29 is 0 Å². The number of nitrogens with one attached hydrogen (secondary N) is 1. The molecule has 0 unspecified atom stereocenters. The van der Waals surface area contributed by atoms with Crippen molar-refractivity contribution in [3.63, 3.8) is 0 Å². The van der Waals surface area contributed by atoms with E-state index in [0.717, 1.165) is 23.8 Å². The Morgan fingerprint density at radius 2 is 1.84 bits per heavy atom. The molecular weight excluding hydrogens is 252 g/mol. The molecule has 1 heterocycles. The maximum atomic E-state index is 4.73. The number of aryl methyl sites for hydroxylation is 1. The Morgan fingerprint density at radius 3 is 2.32 bits per heavy atom. The summed E-state index contributed by atoms with van der Waals surface area (Å²) in [5, 5.41) is 4.50. The number of rotatable bonds is 4. The topological polar surface area (TPSA) is 24.4 Å². The lowest BCUT2D eigenvalue weighted by Crippen LogP contribution is -2.32. The number of amidine groups is 1. The third-order valence-electron chi connectivity index (χ3n) is 4.19. The molecule has 0 aromatic heterocycles. The number of nitrogens with zero attached hydrogens (tertiary/aromatic N) is 1. The van der Waals surface area contributed by atoms with Crippen molar-refractivity contribution in [1.82, 2.24) is 0 Å². The van der Waals surface area contributed by atoms with Crippen LogP contribution in [0.25, 0.3) is 0 Å². The van der Waals surface area contributed by atoms with Crippen LogP contribution in [0, 0.1) is 5.41 Å². The standard InChI is InChI=1S/C16H24N2S/c1-4-13-7-9-14(10-8-13)18-15-17-11-16(5-2,6-3)12-19-15/h7-10H,4-6,11-12H2,1-3H3,(H,17,18). The molecule has 0 saturated carbocycles. The normalized spacial score (nSPS) is 17.9. The van der Waals surface area contributed by atoms with Gasteiger partial charge in [0.25, 0.3) is 0 Å². The summed E-state index contributed by atoms with van der Waals surface area (Å²) in [6.45, 7) is 7.70. The van der Waals surface area contributed by atoms with Gasteiger partial charge in [0.2, 0.25) is 0 Å². The van der Waals surface area contributed by atoms with Gasteiger partial charge in [0.1, 0.15) is 0 Å². The van der Waals surface area contributed by atoms with Crippen LogP contribution in [0.15, 0.2) is 29.3 Å². The molecule has 1 aromatic rings. The summed E-state index contributed by atoms with van der Waals surface area (Å²) in [6.07, 6.45) is 3.53. The van der Waals surface area contributed by atoms with Crippen molar-refractivity contribution in [2.45, 2.75) is 40.0 Å². The Morgan fingerprint density at radius 1 is 1.16 bits per heavy atom. The molecule has 104 valence electrons. The maximum Gasteiger partial charge on any atom is 0.161 e. The van der Waals surface area contributed by atoms with Gasteiger partial charge in [-0.25, -0.2) is 0 Å². The summed E-state index contributed by atoms with van der Waals surface area (Å²) in [5.41, 5.74) is 2.94. The highest BCUT2D eigenvalue weighted by molar-refractivity contribution is 8.14. The Balaban J connectivity index is 1.98. The molecule has 0 bridgehead atoms. The van der Waals surface area contributed by atoms with Gasteiger partial charge in [-0.1, -0.05) is 44.7 Å². The van der Waals surface area contributed by atoms with Crippen LogP contribution in [-0.4, -0.2) is 17.5 Å². The first-order chi connectivity index (χ1) is 9.21. The molecule has 1 N–H and O–H groups in total. The zero-order valence-corrected chi connectivity index (χ0v) is 13.0. The lowest BCUT2D eigenvalue weighted by atomic mass is 9.84. The average molecular weight is 276 g/mol. The van der Waals surface area contributed by atoms with E-state index >= 15 is 0 Å². The van der Waals surface area contributed by atoms with Crippen molar-refractivity contribution in [3.05, 3.63) is 29.8 Å². The SMILES string of the molecule is CCc1ccc(NC2=NCC(CC)(CC)CS2)cc1. The largest absolute Gasteiger partial charge is 0.335 e. The van der Waals surface area contributed by atoms with Crippen LogP contribution >= 0.6 is 11.8 Å². The van der Waals surface area contributed by atoms with Crippen molar-refractivity contribution in [2.75, 3.05) is 17.6 Å². The first-order valence-electron chi connectivity index (χ1n) is 7.24. The molecule has 2 nitrogen and oxygen atoms in total. The zero-order valence-electron chi connectivity index (χ0n) is 12.2. The van der Waals surface area contributed by atoms with E-state index in [1.165, 1.54) is 24.2 Å². The minimum Gasteiger partial charge on any atom is -0.335 e. The summed E-state index contributed by atoms with van der Waals surface area (Å²) in [4.78, 5) is 4.73. The molecule has 0 aliphatic carbocycles. The Bertz CT molecular complexity index is 433. The van der Waals surface area contributed by atoms with E-state index < -0.39 is 0 Å². The summed E-state index contributed by atoms with van der Waals surface area (Å²) in [5.74, 6) is 1.18. The monoisotopic (exact) mass is 276 g/mol. The fraction of sp³-hybridized carbons (Fsp3) is 0.562. The molecule has 0 atom stereocenters. The summed E-state index contributed by atoms with van der Waals surface area (Å²) in [7, 11) is 0. The quantitative estimate of drug-likeness (QED) is 0.871. The highest BCUT2D eigenvalue weighted by atomic mass is 32.2. The van der Waals surface area contributed by atoms with Gasteiger partial charge in [-0.2, -0.15) is 0 Å². The van der Waals surface area contributed by atoms with E-state index in [2.05, 4.69) is 50.4 Å². The number of benzene rings is 1. The predicted molar refractivity (Wildman–Crippen MR) is 87.2 cm³/mol. The minimum atomic E-state index is 0.419. The van der Waals surface area contributed by atoms with Gasteiger partial charge in [0.05, 0.1) is 0 Å². The maximum absolute atomic E-state index is 4.73. The molecule has 1 aromatic carbocycles. The van der Waals surface area contributed by atoms with Gasteiger partial charge in [0, 0.05) is 18.0 Å². The fourth-order valence-corrected chi connectivity index (χ4v) is 3.54. The Hall–Kier alpha value is -0.960. The molecule has 0 fully saturated rings. The van der Waals surface area contributed by atoms with Gasteiger partial charge in [-0.05, 0) is 42.4 Å². The van der Waals surface area contributed by atoms with Crippen molar-refractivity contribution in [3.8, 4) is 0 Å². The molecule has 0 amide bonds. The first-order valence-corrected chi connectivity index (χ1v) is 8.23. The van der Waals surface area contributed by atoms with E-state index in [9.17, 15) is 0 Å². The second-order valence-electron chi connectivity index (χ2n) is 5.29. The van der Waals surface area contributed by atoms with Crippen LogP contribution in [0.2, 0.25) is 0 Å². The Kier molecular flexibility index (Phi) is 4.92. The smallest absolute Gasteiger partial charge is 0.161 e. The van der Waals surface area contributed by atoms with Crippen LogP contribution in [0.4, 0.5) is 5.69 Å². The second kappa shape index (κ2) is 6.47. The molecular formula is C16H24N2S. The summed E-state index contributed by atoms with van der Waals surface area (Å²) >= 11 is 1.86. The number of hydrogen-bond acceptors (Lipinski definition) is 3. The lowest BCUT2D eigenvalue weighted by Gasteiger charge is -2.33. The lowest BCUT2D eigenvalue weighted by molar-refractivity contribution is 0.318. The molecule has 0 spiro atoms. The number of thioether (sulfide) groups is 1. The van der Waals surface area contributed by atoms with Crippen LogP contribution in [-0.2, 0) is 6.42 Å². The summed E-state index contributed by atoms with van der Waals surface area (Å²) < 4.78 is 0. The Labute approximate surface area is 121 Å². The van der Waals surface area contributed by atoms with E-state index in [1.54, 1.807) is 0 Å². The summed E-state index contributed by atoms with van der Waals surface area (Å²) in [6, 6.07) is 8.64. The number of hydrogen-bond donors (Lipinski definition) is 1. The van der Waals surface area contributed by atoms with Crippen molar-refractivity contribution in [2.24, 2.45) is 10.4 Å². The first kappa shape index (κ1) is 14.4. The highest BCUT2D eigenvalue weighted by Gasteiger charge is 2.30. The third kappa shape index (κ3) is 3.53. The molecule has 0 saturated heterocycles. The van der Waals surface area contributed by atoms with Crippen LogP contribution in [0.1, 0.15) is 39.2 Å². The van der Waals surface area contributed by atoms with Gasteiger partial charge in [0.15, 0.2) is 5.17 Å². The van der Waals surface area contributed by atoms with E-state index in [1.807, 2.05) is 11.8 Å². The second-order valence-corrected chi connectivity index (χ2v) is 6.26. The minimum absolute atomic E-state index is 0.419. The average Bonchev–Trinajstić information content (AvgIpc) is 2.49. The molecule has 0 radical (unpaired) electrons. The van der Waals surface area contributed by atoms with Gasteiger partial charge in [-0.15, -0.1) is 0 Å². The van der Waals surface area contributed by atoms with Crippen LogP contribution in [0.3, 0.4) is 0 Å². The molecule has 2 rings (SSSR count). The highest BCUT2D eigenvalue weighted by Crippen LogP contribution is 2.35. The molecule has 19 heavy (non-hydrogen) atoms. The van der Waals surface area contributed by atoms with Gasteiger partial charge in [-0.3, -0.25) is 4.99 Å². The number of aliphatic imine (C=N–C) groups is 1. The zero-order chi connectivity index (χ0) is 13.7. The van der Waals surface area contributed by atoms with E-state index in [0.29, 0.717) is 5.41 Å². The van der Waals surface area contributed by atoms with Crippen LogP contribution in [0.5, 0.6) is 0 Å². The van der Waals surface area contributed by atoms with Crippen LogP contribution < -0.4 is 5.32 Å². The number of anilines is 1. The van der Waals surface area contributed by atoms with Gasteiger partial charge < -0.3 is 5.32 Å². The molecule has 1 aliphatic heterocycles. The molecule has 3 heteroatoms. The predicted octanol–water partition coefficient (Wildman–Crippen LogP) is 4.57. The van der Waals surface area contributed by atoms with Crippen molar-refractivity contribution >= 4 is 22.6 Å².